The highest BCUT2D eigenvalue weighted by Gasteiger charge is 2.16. The molecule has 0 aliphatic heterocycles. The van der Waals surface area contributed by atoms with Crippen molar-refractivity contribution in [1.82, 2.24) is 19.7 Å². The Morgan fingerprint density at radius 3 is 2.70 bits per heavy atom. The molecule has 0 unspecified atom stereocenters. The summed E-state index contributed by atoms with van der Waals surface area (Å²) in [6.07, 6.45) is 4.75. The van der Waals surface area contributed by atoms with Crippen molar-refractivity contribution in [3.05, 3.63) is 30.1 Å². The Kier molecular flexibility index (Phi) is 3.94. The molecule has 0 fully saturated rings. The summed E-state index contributed by atoms with van der Waals surface area (Å²) in [4.78, 5) is 20.7. The van der Waals surface area contributed by atoms with Crippen molar-refractivity contribution < 1.29 is 4.79 Å². The summed E-state index contributed by atoms with van der Waals surface area (Å²) < 4.78 is 1.59. The van der Waals surface area contributed by atoms with Crippen LogP contribution in [0.3, 0.4) is 0 Å². The standard InChI is InChI=1S/C12H17N7O/c1-7(2)11-14-5-9(18-13)10(17-11)12(20)16-8-4-15-19(3)6-8/h4-7,18H,13H2,1-3H3,(H,16,20). The van der Waals surface area contributed by atoms with Gasteiger partial charge in [0.1, 0.15) is 5.82 Å². The van der Waals surface area contributed by atoms with E-state index in [9.17, 15) is 4.79 Å². The van der Waals surface area contributed by atoms with E-state index in [4.69, 9.17) is 5.84 Å². The number of hydrazine groups is 1. The molecular weight excluding hydrogens is 258 g/mol. The highest BCUT2D eigenvalue weighted by Crippen LogP contribution is 2.17. The van der Waals surface area contributed by atoms with Crippen LogP contribution in [-0.4, -0.2) is 25.7 Å². The first kappa shape index (κ1) is 13.9. The van der Waals surface area contributed by atoms with E-state index in [1.807, 2.05) is 13.8 Å². The smallest absolute Gasteiger partial charge is 0.276 e. The third-order valence-corrected chi connectivity index (χ3v) is 2.66. The Morgan fingerprint density at radius 1 is 1.40 bits per heavy atom. The molecule has 0 saturated carbocycles. The van der Waals surface area contributed by atoms with Crippen LogP contribution in [0.2, 0.25) is 0 Å². The van der Waals surface area contributed by atoms with Crippen LogP contribution in [0.4, 0.5) is 11.4 Å². The number of nitrogens with one attached hydrogen (secondary N) is 2. The van der Waals surface area contributed by atoms with E-state index in [0.29, 0.717) is 17.2 Å². The lowest BCUT2D eigenvalue weighted by molar-refractivity contribution is 0.102. The van der Waals surface area contributed by atoms with E-state index in [2.05, 4.69) is 25.8 Å². The number of aryl methyl sites for hydroxylation is 1. The fourth-order valence-corrected chi connectivity index (χ4v) is 1.63. The zero-order valence-corrected chi connectivity index (χ0v) is 11.6. The Balaban J connectivity index is 2.29. The molecule has 4 N–H and O–H groups in total. The average molecular weight is 275 g/mol. The Hall–Kier alpha value is -2.48. The van der Waals surface area contributed by atoms with Crippen LogP contribution in [0.1, 0.15) is 36.1 Å². The van der Waals surface area contributed by atoms with E-state index in [0.717, 1.165) is 0 Å². The molecule has 0 bridgehead atoms. The normalized spacial score (nSPS) is 10.7. The summed E-state index contributed by atoms with van der Waals surface area (Å²) in [6.45, 7) is 3.90. The zero-order valence-electron chi connectivity index (χ0n) is 11.6. The Bertz CT molecular complexity index is 620. The second-order valence-corrected chi connectivity index (χ2v) is 4.65. The molecule has 0 aliphatic carbocycles. The summed E-state index contributed by atoms with van der Waals surface area (Å²) in [7, 11) is 1.77. The summed E-state index contributed by atoms with van der Waals surface area (Å²) in [5, 5.41) is 6.69. The second-order valence-electron chi connectivity index (χ2n) is 4.65. The third kappa shape index (κ3) is 2.91. The number of rotatable bonds is 4. The molecule has 1 amide bonds. The van der Waals surface area contributed by atoms with E-state index in [1.54, 1.807) is 24.1 Å². The van der Waals surface area contributed by atoms with Crippen LogP contribution in [0, 0.1) is 0 Å². The molecule has 0 aliphatic rings. The van der Waals surface area contributed by atoms with Crippen molar-refractivity contribution in [2.24, 2.45) is 12.9 Å². The van der Waals surface area contributed by atoms with Gasteiger partial charge in [-0.2, -0.15) is 5.10 Å². The van der Waals surface area contributed by atoms with Crippen molar-refractivity contribution in [1.29, 1.82) is 0 Å². The number of carbonyl (C=O) groups is 1. The van der Waals surface area contributed by atoms with Gasteiger partial charge in [-0.1, -0.05) is 13.8 Å². The first-order chi connectivity index (χ1) is 9.51. The minimum atomic E-state index is -0.366. The molecule has 0 atom stereocenters. The van der Waals surface area contributed by atoms with Crippen LogP contribution in [-0.2, 0) is 7.05 Å². The first-order valence-corrected chi connectivity index (χ1v) is 6.14. The monoisotopic (exact) mass is 275 g/mol. The maximum Gasteiger partial charge on any atom is 0.276 e. The lowest BCUT2D eigenvalue weighted by Gasteiger charge is -2.10. The molecule has 8 heteroatoms. The summed E-state index contributed by atoms with van der Waals surface area (Å²) in [5.74, 6) is 5.72. The predicted octanol–water partition coefficient (Wildman–Crippen LogP) is 0.871. The van der Waals surface area contributed by atoms with Crippen LogP contribution in [0.15, 0.2) is 18.6 Å². The average Bonchev–Trinajstić information content (AvgIpc) is 2.83. The maximum absolute atomic E-state index is 12.2. The van der Waals surface area contributed by atoms with Crippen molar-refractivity contribution in [3.63, 3.8) is 0 Å². The van der Waals surface area contributed by atoms with E-state index in [-0.39, 0.29) is 17.5 Å². The topological polar surface area (TPSA) is 111 Å². The van der Waals surface area contributed by atoms with Gasteiger partial charge >= 0.3 is 0 Å². The highest BCUT2D eigenvalue weighted by molar-refractivity contribution is 6.06. The van der Waals surface area contributed by atoms with Gasteiger partial charge in [0, 0.05) is 19.2 Å². The second kappa shape index (κ2) is 5.66. The number of amides is 1. The number of anilines is 2. The largest absolute Gasteiger partial charge is 0.321 e. The molecule has 106 valence electrons. The van der Waals surface area contributed by atoms with Crippen LogP contribution >= 0.6 is 0 Å². The highest BCUT2D eigenvalue weighted by atomic mass is 16.1. The minimum absolute atomic E-state index is 0.117. The van der Waals surface area contributed by atoms with Gasteiger partial charge in [-0.3, -0.25) is 15.3 Å². The summed E-state index contributed by atoms with van der Waals surface area (Å²) >= 11 is 0. The SMILES string of the molecule is CC(C)c1ncc(NN)c(C(=O)Nc2cnn(C)c2)n1. The lowest BCUT2D eigenvalue weighted by atomic mass is 10.2. The molecule has 0 spiro atoms. The summed E-state index contributed by atoms with van der Waals surface area (Å²) in [5.41, 5.74) is 3.59. The molecule has 0 radical (unpaired) electrons. The van der Waals surface area contributed by atoms with Crippen LogP contribution in [0.25, 0.3) is 0 Å². The van der Waals surface area contributed by atoms with Gasteiger partial charge in [0.25, 0.3) is 5.91 Å². The van der Waals surface area contributed by atoms with Gasteiger partial charge in [-0.25, -0.2) is 9.97 Å². The van der Waals surface area contributed by atoms with Gasteiger partial charge in [0.05, 0.1) is 23.8 Å². The summed E-state index contributed by atoms with van der Waals surface area (Å²) in [6, 6.07) is 0. The minimum Gasteiger partial charge on any atom is -0.321 e. The molecule has 2 rings (SSSR count). The molecular formula is C12H17N7O. The van der Waals surface area contributed by atoms with Crippen molar-refractivity contribution in [2.45, 2.75) is 19.8 Å². The molecule has 0 saturated heterocycles. The maximum atomic E-state index is 12.2. The van der Waals surface area contributed by atoms with E-state index >= 15 is 0 Å². The molecule has 0 aromatic carbocycles. The Morgan fingerprint density at radius 2 is 2.15 bits per heavy atom. The van der Waals surface area contributed by atoms with Crippen LogP contribution < -0.4 is 16.6 Å². The van der Waals surface area contributed by atoms with Gasteiger partial charge < -0.3 is 10.7 Å². The number of hydrogen-bond donors (Lipinski definition) is 3. The molecule has 2 heterocycles. The van der Waals surface area contributed by atoms with Crippen LogP contribution in [0.5, 0.6) is 0 Å². The van der Waals surface area contributed by atoms with Gasteiger partial charge in [-0.15, -0.1) is 0 Å². The van der Waals surface area contributed by atoms with Gasteiger partial charge in [-0.05, 0) is 0 Å². The number of hydrogen-bond acceptors (Lipinski definition) is 6. The quantitative estimate of drug-likeness (QED) is 0.564. The van der Waals surface area contributed by atoms with Gasteiger partial charge in [0.2, 0.25) is 0 Å². The van der Waals surface area contributed by atoms with Gasteiger partial charge in [0.15, 0.2) is 5.69 Å². The fourth-order valence-electron chi connectivity index (χ4n) is 1.63. The molecule has 2 aromatic rings. The molecule has 8 nitrogen and oxygen atoms in total. The zero-order chi connectivity index (χ0) is 14.7. The molecule has 20 heavy (non-hydrogen) atoms. The number of nitrogens with zero attached hydrogens (tertiary/aromatic N) is 4. The van der Waals surface area contributed by atoms with Crippen molar-refractivity contribution in [3.8, 4) is 0 Å². The first-order valence-electron chi connectivity index (χ1n) is 6.14. The predicted molar refractivity (Wildman–Crippen MR) is 75.1 cm³/mol. The van der Waals surface area contributed by atoms with Crippen molar-refractivity contribution in [2.75, 3.05) is 10.7 Å². The third-order valence-electron chi connectivity index (χ3n) is 2.66. The fraction of sp³-hybridized carbons (Fsp3) is 0.333. The van der Waals surface area contributed by atoms with E-state index < -0.39 is 0 Å². The number of carbonyl (C=O) groups excluding carboxylic acids is 1. The number of nitrogen functional groups attached to an aromatic ring is 1. The van der Waals surface area contributed by atoms with Crippen molar-refractivity contribution >= 4 is 17.3 Å². The lowest BCUT2D eigenvalue weighted by Crippen LogP contribution is -2.20. The Labute approximate surface area is 116 Å². The number of aromatic nitrogens is 4. The molecule has 2 aromatic heterocycles. The number of nitrogens with two attached hydrogens (primary N) is 1. The van der Waals surface area contributed by atoms with E-state index in [1.165, 1.54) is 6.20 Å².